The van der Waals surface area contributed by atoms with Gasteiger partial charge >= 0.3 is 5.97 Å². The molecule has 0 aromatic heterocycles. The lowest BCUT2D eigenvalue weighted by molar-refractivity contribution is 0.0681. The van der Waals surface area contributed by atoms with Crippen LogP contribution in [0.1, 0.15) is 10.5 Å². The van der Waals surface area contributed by atoms with E-state index >= 15 is 0 Å². The van der Waals surface area contributed by atoms with Crippen molar-refractivity contribution >= 4 is 17.6 Å². The van der Waals surface area contributed by atoms with Gasteiger partial charge in [0.05, 0.1) is 12.1 Å². The van der Waals surface area contributed by atoms with Crippen LogP contribution < -0.4 is 10.2 Å². The molecule has 1 aliphatic carbocycles. The number of hydrogen-bond donors (Lipinski definition) is 1. The van der Waals surface area contributed by atoms with E-state index in [2.05, 4.69) is 0 Å². The fraction of sp³-hybridized carbons (Fsp3) is 0.167. The SMILES string of the molecule is COc1c2cc(=O)c(Cl)cc-2cn(C)c1C(=O)O. The van der Waals surface area contributed by atoms with Crippen LogP contribution in [-0.2, 0) is 7.05 Å². The van der Waals surface area contributed by atoms with Gasteiger partial charge in [-0.3, -0.25) is 4.79 Å². The van der Waals surface area contributed by atoms with E-state index in [-0.39, 0.29) is 21.9 Å². The Labute approximate surface area is 108 Å². The lowest BCUT2D eigenvalue weighted by Gasteiger charge is -2.17. The molecular formula is C12H10ClNO4. The highest BCUT2D eigenvalue weighted by atomic mass is 35.5. The van der Waals surface area contributed by atoms with E-state index in [1.54, 1.807) is 13.2 Å². The molecule has 0 bridgehead atoms. The van der Waals surface area contributed by atoms with Gasteiger partial charge in [-0.05, 0) is 12.1 Å². The maximum atomic E-state index is 11.5. The minimum absolute atomic E-state index is 0.0216. The number of ether oxygens (including phenoxy) is 1. The third kappa shape index (κ3) is 1.82. The van der Waals surface area contributed by atoms with E-state index in [1.165, 1.54) is 23.8 Å². The largest absolute Gasteiger partial charge is 0.494 e. The summed E-state index contributed by atoms with van der Waals surface area (Å²) >= 11 is 5.76. The normalized spacial score (nSPS) is 10.6. The average Bonchev–Trinajstić information content (AvgIpc) is 2.29. The number of pyridine rings is 1. The highest BCUT2D eigenvalue weighted by Crippen LogP contribution is 2.34. The standard InChI is InChI=1S/C12H10ClNO4/c1-14-5-6-3-8(13)9(15)4-7(6)11(18-2)10(14)12(16)17/h3-5H,1-2H3,(H,16,17). The summed E-state index contributed by atoms with van der Waals surface area (Å²) in [5, 5.41) is 9.25. The topological polar surface area (TPSA) is 68.5 Å². The first-order chi connectivity index (χ1) is 8.45. The first-order valence-electron chi connectivity index (χ1n) is 5.06. The Bertz CT molecular complexity index is 662. The molecule has 0 saturated carbocycles. The van der Waals surface area contributed by atoms with Crippen LogP contribution in [0.4, 0.5) is 0 Å². The molecule has 6 heteroatoms. The number of methoxy groups -OCH3 is 1. The molecule has 0 aromatic rings. The van der Waals surface area contributed by atoms with Crippen molar-refractivity contribution in [3.8, 4) is 16.9 Å². The summed E-state index contributed by atoms with van der Waals surface area (Å²) in [7, 11) is 2.95. The molecule has 0 radical (unpaired) electrons. The monoisotopic (exact) mass is 267 g/mol. The summed E-state index contributed by atoms with van der Waals surface area (Å²) in [6, 6.07) is 2.77. The number of nitrogens with zero attached hydrogens (tertiary/aromatic N) is 1. The molecule has 1 aliphatic heterocycles. The minimum atomic E-state index is -1.13. The van der Waals surface area contributed by atoms with Gasteiger partial charge in [-0.25, -0.2) is 4.79 Å². The zero-order valence-corrected chi connectivity index (χ0v) is 10.5. The Morgan fingerprint density at radius 2 is 2.11 bits per heavy atom. The highest BCUT2D eigenvalue weighted by molar-refractivity contribution is 6.30. The summed E-state index contributed by atoms with van der Waals surface area (Å²) in [6.45, 7) is 0. The first-order valence-corrected chi connectivity index (χ1v) is 5.43. The fourth-order valence-corrected chi connectivity index (χ4v) is 2.06. The van der Waals surface area contributed by atoms with Gasteiger partial charge in [0, 0.05) is 24.4 Å². The molecule has 0 atom stereocenters. The van der Waals surface area contributed by atoms with Gasteiger partial charge in [-0.15, -0.1) is 0 Å². The molecule has 2 aliphatic rings. The Morgan fingerprint density at radius 3 is 2.67 bits per heavy atom. The average molecular weight is 268 g/mol. The molecule has 0 amide bonds. The third-order valence-electron chi connectivity index (χ3n) is 2.66. The van der Waals surface area contributed by atoms with Gasteiger partial charge in [-0.1, -0.05) is 11.6 Å². The Kier molecular flexibility index (Phi) is 3.00. The smallest absolute Gasteiger partial charge is 0.356 e. The van der Waals surface area contributed by atoms with E-state index in [4.69, 9.17) is 21.4 Å². The maximum absolute atomic E-state index is 11.5. The molecule has 2 rings (SSSR count). The van der Waals surface area contributed by atoms with Crippen molar-refractivity contribution in [3.05, 3.63) is 39.3 Å². The van der Waals surface area contributed by atoms with Gasteiger partial charge in [0.2, 0.25) is 0 Å². The Balaban J connectivity index is 2.95. The van der Waals surface area contributed by atoms with Crippen molar-refractivity contribution < 1.29 is 14.6 Å². The Hall–Kier alpha value is -2.01. The van der Waals surface area contributed by atoms with E-state index in [1.807, 2.05) is 0 Å². The fourth-order valence-electron chi connectivity index (χ4n) is 1.89. The highest BCUT2D eigenvalue weighted by Gasteiger charge is 2.22. The number of rotatable bonds is 2. The predicted octanol–water partition coefficient (Wildman–Crippen LogP) is 1.85. The molecule has 0 saturated heterocycles. The summed E-state index contributed by atoms with van der Waals surface area (Å²) in [4.78, 5) is 22.7. The number of aryl methyl sites for hydroxylation is 1. The number of benzene rings is 1. The maximum Gasteiger partial charge on any atom is 0.356 e. The van der Waals surface area contributed by atoms with Crippen molar-refractivity contribution in [2.75, 3.05) is 7.11 Å². The van der Waals surface area contributed by atoms with Gasteiger partial charge < -0.3 is 14.4 Å². The second-order valence-electron chi connectivity index (χ2n) is 3.80. The van der Waals surface area contributed by atoms with Gasteiger partial charge in [0.25, 0.3) is 0 Å². The molecule has 0 unspecified atom stereocenters. The third-order valence-corrected chi connectivity index (χ3v) is 2.95. The van der Waals surface area contributed by atoms with Crippen molar-refractivity contribution in [1.29, 1.82) is 0 Å². The quantitative estimate of drug-likeness (QED) is 0.902. The van der Waals surface area contributed by atoms with Crippen LogP contribution in [0.3, 0.4) is 0 Å². The summed E-state index contributed by atoms with van der Waals surface area (Å²) in [5.74, 6) is -0.977. The summed E-state index contributed by atoms with van der Waals surface area (Å²) < 4.78 is 6.53. The van der Waals surface area contributed by atoms with E-state index in [0.29, 0.717) is 11.1 Å². The molecule has 0 fully saturated rings. The number of carboxylic acids is 1. The molecule has 0 spiro atoms. The second kappa shape index (κ2) is 4.34. The zero-order valence-electron chi connectivity index (χ0n) is 9.73. The zero-order chi connectivity index (χ0) is 13.4. The van der Waals surface area contributed by atoms with Crippen LogP contribution in [0.25, 0.3) is 11.1 Å². The van der Waals surface area contributed by atoms with Crippen LogP contribution in [-0.4, -0.2) is 22.8 Å². The molecule has 5 nitrogen and oxygen atoms in total. The predicted molar refractivity (Wildman–Crippen MR) is 66.8 cm³/mol. The Morgan fingerprint density at radius 1 is 1.44 bits per heavy atom. The first kappa shape index (κ1) is 12.4. The lowest BCUT2D eigenvalue weighted by atomic mass is 10.0. The number of aromatic carboxylic acids is 1. The van der Waals surface area contributed by atoms with Crippen LogP contribution in [0.2, 0.25) is 5.02 Å². The lowest BCUT2D eigenvalue weighted by Crippen LogP contribution is -2.14. The van der Waals surface area contributed by atoms with Gasteiger partial charge in [0.1, 0.15) is 0 Å². The van der Waals surface area contributed by atoms with E-state index in [0.717, 1.165) is 0 Å². The number of halogens is 1. The second-order valence-corrected chi connectivity index (χ2v) is 4.20. The number of fused-ring (bicyclic) bond motifs is 1. The van der Waals surface area contributed by atoms with Gasteiger partial charge in [-0.2, -0.15) is 0 Å². The number of carbonyl (C=O) groups is 1. The van der Waals surface area contributed by atoms with E-state index in [9.17, 15) is 9.59 Å². The van der Waals surface area contributed by atoms with Gasteiger partial charge in [0.15, 0.2) is 16.9 Å². The molecule has 1 heterocycles. The molecule has 94 valence electrons. The van der Waals surface area contributed by atoms with Crippen LogP contribution >= 0.6 is 11.6 Å². The molecule has 1 N–H and O–H groups in total. The van der Waals surface area contributed by atoms with Crippen LogP contribution in [0.15, 0.2) is 23.1 Å². The molecule has 0 aromatic carbocycles. The summed E-state index contributed by atoms with van der Waals surface area (Å²) in [5.41, 5.74) is 0.686. The van der Waals surface area contributed by atoms with Crippen LogP contribution in [0, 0.1) is 0 Å². The van der Waals surface area contributed by atoms with Crippen molar-refractivity contribution in [2.45, 2.75) is 0 Å². The van der Waals surface area contributed by atoms with Crippen LogP contribution in [0.5, 0.6) is 5.75 Å². The van der Waals surface area contributed by atoms with Crippen molar-refractivity contribution in [1.82, 2.24) is 4.57 Å². The number of hydrogen-bond acceptors (Lipinski definition) is 3. The van der Waals surface area contributed by atoms with E-state index < -0.39 is 5.97 Å². The minimum Gasteiger partial charge on any atom is -0.494 e. The molecule has 18 heavy (non-hydrogen) atoms. The molecular weight excluding hydrogens is 258 g/mol. The van der Waals surface area contributed by atoms with Crippen molar-refractivity contribution in [2.24, 2.45) is 7.05 Å². The number of carboxylic acid groups (broad SMARTS) is 1. The summed E-state index contributed by atoms with van der Waals surface area (Å²) in [6.07, 6.45) is 1.59. The number of aromatic nitrogens is 1. The van der Waals surface area contributed by atoms with Crippen molar-refractivity contribution in [3.63, 3.8) is 0 Å².